The maximum absolute atomic E-state index is 12.4. The Kier molecular flexibility index (Phi) is 7.15. The van der Waals surface area contributed by atoms with Crippen LogP contribution in [0.15, 0.2) is 35.2 Å². The first-order valence-electron chi connectivity index (χ1n) is 8.29. The molecule has 156 valence electrons. The van der Waals surface area contributed by atoms with Gasteiger partial charge in [-0.25, -0.2) is 13.2 Å². The summed E-state index contributed by atoms with van der Waals surface area (Å²) in [6, 6.07) is 6.89. The van der Waals surface area contributed by atoms with Crippen molar-refractivity contribution in [1.82, 2.24) is 0 Å². The number of methoxy groups -OCH3 is 1. The van der Waals surface area contributed by atoms with E-state index in [2.05, 4.69) is 5.32 Å². The van der Waals surface area contributed by atoms with Gasteiger partial charge in [-0.05, 0) is 43.7 Å². The summed E-state index contributed by atoms with van der Waals surface area (Å²) in [7, 11) is -2.20. The predicted octanol–water partition coefficient (Wildman–Crippen LogP) is 3.90. The third-order valence-corrected chi connectivity index (χ3v) is 5.94. The van der Waals surface area contributed by atoms with E-state index in [-0.39, 0.29) is 15.5 Å². The molecule has 1 unspecified atom stereocenters. The van der Waals surface area contributed by atoms with Crippen LogP contribution in [0.2, 0.25) is 10.0 Å². The van der Waals surface area contributed by atoms with Crippen LogP contribution in [0.1, 0.15) is 22.8 Å². The number of hydrogen-bond donors (Lipinski definition) is 1. The lowest BCUT2D eigenvalue weighted by Crippen LogP contribution is -2.30. The summed E-state index contributed by atoms with van der Waals surface area (Å²) >= 11 is 11.9. The maximum atomic E-state index is 12.4. The molecule has 1 amide bonds. The number of aryl methyl sites for hydroxylation is 1. The van der Waals surface area contributed by atoms with E-state index in [1.807, 2.05) is 0 Å². The summed E-state index contributed by atoms with van der Waals surface area (Å²) in [5, 5.41) is 3.08. The Morgan fingerprint density at radius 3 is 2.34 bits per heavy atom. The number of hydrogen-bond acceptors (Lipinski definition) is 6. The Morgan fingerprint density at radius 2 is 1.76 bits per heavy atom. The fourth-order valence-electron chi connectivity index (χ4n) is 2.36. The highest BCUT2D eigenvalue weighted by molar-refractivity contribution is 7.90. The van der Waals surface area contributed by atoms with E-state index in [4.69, 9.17) is 32.7 Å². The number of anilines is 1. The lowest BCUT2D eigenvalue weighted by atomic mass is 10.2. The Balaban J connectivity index is 2.16. The first kappa shape index (κ1) is 23.0. The van der Waals surface area contributed by atoms with E-state index < -0.39 is 27.8 Å². The number of benzene rings is 2. The molecule has 0 bridgehead atoms. The van der Waals surface area contributed by atoms with Crippen LogP contribution in [0.4, 0.5) is 5.69 Å². The normalized spacial score (nSPS) is 12.2. The monoisotopic (exact) mass is 459 g/mol. The number of nitrogens with one attached hydrogen (secondary N) is 1. The molecule has 7 nitrogen and oxygen atoms in total. The van der Waals surface area contributed by atoms with Gasteiger partial charge in [0.05, 0.1) is 28.3 Å². The molecule has 2 rings (SSSR count). The number of carbonyl (C=O) groups excluding carboxylic acids is 2. The number of ether oxygens (including phenoxy) is 2. The molecule has 0 aromatic heterocycles. The van der Waals surface area contributed by atoms with Gasteiger partial charge in [0.15, 0.2) is 15.9 Å². The third-order valence-electron chi connectivity index (χ3n) is 3.96. The smallest absolute Gasteiger partial charge is 0.338 e. The SMILES string of the molecule is COc1cc(Cl)c(C)cc1NC(=O)C(C)OC(=O)c1ccc(Cl)c(S(C)(=O)=O)c1. The van der Waals surface area contributed by atoms with Gasteiger partial charge in [0.2, 0.25) is 0 Å². The molecule has 29 heavy (non-hydrogen) atoms. The molecule has 0 radical (unpaired) electrons. The van der Waals surface area contributed by atoms with Gasteiger partial charge in [-0.2, -0.15) is 0 Å². The number of rotatable bonds is 6. The van der Waals surface area contributed by atoms with Crippen molar-refractivity contribution in [3.63, 3.8) is 0 Å². The van der Waals surface area contributed by atoms with Crippen molar-refractivity contribution in [2.75, 3.05) is 18.7 Å². The first-order valence-corrected chi connectivity index (χ1v) is 10.9. The van der Waals surface area contributed by atoms with E-state index in [0.717, 1.165) is 17.9 Å². The van der Waals surface area contributed by atoms with Gasteiger partial charge < -0.3 is 14.8 Å². The van der Waals surface area contributed by atoms with Crippen molar-refractivity contribution >= 4 is 50.6 Å². The van der Waals surface area contributed by atoms with Crippen LogP contribution in [0.3, 0.4) is 0 Å². The summed E-state index contributed by atoms with van der Waals surface area (Å²) < 4.78 is 33.8. The molecule has 0 spiro atoms. The fourth-order valence-corrected chi connectivity index (χ4v) is 3.82. The molecule has 0 saturated heterocycles. The predicted molar refractivity (Wildman–Crippen MR) is 111 cm³/mol. The van der Waals surface area contributed by atoms with Gasteiger partial charge in [0.1, 0.15) is 5.75 Å². The number of amides is 1. The number of halogens is 2. The fraction of sp³-hybridized carbons (Fsp3) is 0.263. The Hall–Kier alpha value is -2.29. The molecular weight excluding hydrogens is 441 g/mol. The summed E-state index contributed by atoms with van der Waals surface area (Å²) in [6.45, 7) is 3.15. The highest BCUT2D eigenvalue weighted by Crippen LogP contribution is 2.31. The number of carbonyl (C=O) groups is 2. The lowest BCUT2D eigenvalue weighted by molar-refractivity contribution is -0.123. The van der Waals surface area contributed by atoms with E-state index >= 15 is 0 Å². The van der Waals surface area contributed by atoms with Gasteiger partial charge >= 0.3 is 5.97 Å². The lowest BCUT2D eigenvalue weighted by Gasteiger charge is -2.16. The Bertz CT molecular complexity index is 1070. The second-order valence-corrected chi connectivity index (χ2v) is 9.05. The van der Waals surface area contributed by atoms with Gasteiger partial charge in [0, 0.05) is 17.3 Å². The summed E-state index contributed by atoms with van der Waals surface area (Å²) in [5.74, 6) is -1.12. The topological polar surface area (TPSA) is 98.8 Å². The van der Waals surface area contributed by atoms with Crippen molar-refractivity contribution in [3.05, 3.63) is 51.5 Å². The first-order chi connectivity index (χ1) is 13.4. The van der Waals surface area contributed by atoms with E-state index in [1.54, 1.807) is 19.1 Å². The molecule has 2 aromatic rings. The molecule has 0 heterocycles. The zero-order valence-electron chi connectivity index (χ0n) is 16.1. The highest BCUT2D eigenvalue weighted by atomic mass is 35.5. The molecule has 0 aliphatic heterocycles. The molecule has 0 aliphatic rings. The quantitative estimate of drug-likeness (QED) is 0.657. The summed E-state index contributed by atoms with van der Waals surface area (Å²) in [5.41, 5.74) is 1.05. The zero-order chi connectivity index (χ0) is 21.9. The second kappa shape index (κ2) is 9.02. The highest BCUT2D eigenvalue weighted by Gasteiger charge is 2.22. The minimum atomic E-state index is -3.63. The molecule has 0 saturated carbocycles. The number of esters is 1. The Labute approximate surface area is 178 Å². The van der Waals surface area contributed by atoms with Crippen molar-refractivity contribution in [1.29, 1.82) is 0 Å². The van der Waals surface area contributed by atoms with Crippen LogP contribution in [0.5, 0.6) is 5.75 Å². The van der Waals surface area contributed by atoms with Crippen LogP contribution < -0.4 is 10.1 Å². The molecule has 2 aromatic carbocycles. The Morgan fingerprint density at radius 1 is 1.10 bits per heavy atom. The van der Waals surface area contributed by atoms with Crippen molar-refractivity contribution < 1.29 is 27.5 Å². The van der Waals surface area contributed by atoms with E-state index in [1.165, 1.54) is 26.2 Å². The molecule has 1 N–H and O–H groups in total. The van der Waals surface area contributed by atoms with E-state index in [0.29, 0.717) is 16.5 Å². The molecule has 0 fully saturated rings. The van der Waals surface area contributed by atoms with Gasteiger partial charge in [-0.3, -0.25) is 4.79 Å². The minimum absolute atomic E-state index is 0.0138. The van der Waals surface area contributed by atoms with Crippen LogP contribution >= 0.6 is 23.2 Å². The second-order valence-electron chi connectivity index (χ2n) is 6.26. The standard InChI is InChI=1S/C19H19Cl2NO6S/c1-10-7-15(16(27-3)9-14(10)21)22-18(23)11(2)28-19(24)12-5-6-13(20)17(8-12)29(4,25)26/h5-9,11H,1-4H3,(H,22,23). The van der Waals surface area contributed by atoms with Gasteiger partial charge in [0.25, 0.3) is 5.91 Å². The minimum Gasteiger partial charge on any atom is -0.495 e. The maximum Gasteiger partial charge on any atom is 0.338 e. The van der Waals surface area contributed by atoms with E-state index in [9.17, 15) is 18.0 Å². The summed E-state index contributed by atoms with van der Waals surface area (Å²) in [4.78, 5) is 24.6. The largest absolute Gasteiger partial charge is 0.495 e. The van der Waals surface area contributed by atoms with Crippen LogP contribution in [0.25, 0.3) is 0 Å². The van der Waals surface area contributed by atoms with Crippen molar-refractivity contribution in [2.45, 2.75) is 24.8 Å². The van der Waals surface area contributed by atoms with Crippen LogP contribution in [-0.4, -0.2) is 39.8 Å². The summed E-state index contributed by atoms with van der Waals surface area (Å²) in [6.07, 6.45) is -0.193. The average Bonchev–Trinajstić information content (AvgIpc) is 2.63. The van der Waals surface area contributed by atoms with Crippen molar-refractivity contribution in [3.8, 4) is 5.75 Å². The van der Waals surface area contributed by atoms with Crippen LogP contribution in [-0.2, 0) is 19.4 Å². The third kappa shape index (κ3) is 5.62. The molecular formula is C19H19Cl2NO6S. The zero-order valence-corrected chi connectivity index (χ0v) is 18.4. The molecule has 0 aliphatic carbocycles. The van der Waals surface area contributed by atoms with Gasteiger partial charge in [-0.15, -0.1) is 0 Å². The molecule has 10 heteroatoms. The average molecular weight is 460 g/mol. The molecule has 1 atom stereocenters. The van der Waals surface area contributed by atoms with Gasteiger partial charge in [-0.1, -0.05) is 23.2 Å². The van der Waals surface area contributed by atoms with Crippen molar-refractivity contribution in [2.24, 2.45) is 0 Å². The van der Waals surface area contributed by atoms with Crippen LogP contribution in [0, 0.1) is 6.92 Å². The number of sulfone groups is 1.